The summed E-state index contributed by atoms with van der Waals surface area (Å²) in [5.41, 5.74) is 5.26. The molecule has 0 saturated carbocycles. The van der Waals surface area contributed by atoms with E-state index in [1.165, 1.54) is 48.2 Å². The fraction of sp³-hybridized carbons (Fsp3) is 0.526. The summed E-state index contributed by atoms with van der Waals surface area (Å²) in [7, 11) is 4.03. The maximum absolute atomic E-state index is 4.34. The highest BCUT2D eigenvalue weighted by atomic mass is 15.2. The van der Waals surface area contributed by atoms with Gasteiger partial charge in [-0.3, -0.25) is 9.58 Å². The van der Waals surface area contributed by atoms with E-state index < -0.39 is 0 Å². The molecule has 0 amide bonds. The van der Waals surface area contributed by atoms with Crippen LogP contribution in [-0.2, 0) is 13.6 Å². The van der Waals surface area contributed by atoms with E-state index in [0.717, 1.165) is 19.0 Å². The van der Waals surface area contributed by atoms with E-state index in [4.69, 9.17) is 0 Å². The van der Waals surface area contributed by atoms with Crippen molar-refractivity contribution in [2.75, 3.05) is 26.7 Å². The van der Waals surface area contributed by atoms with Gasteiger partial charge in [-0.05, 0) is 56.9 Å². The van der Waals surface area contributed by atoms with Crippen LogP contribution >= 0.6 is 0 Å². The Morgan fingerprint density at radius 1 is 1.35 bits per heavy atom. The first kappa shape index (κ1) is 16.2. The van der Waals surface area contributed by atoms with Gasteiger partial charge < -0.3 is 5.32 Å². The SMILES string of the molecule is CNCC1CCCN(Cc2ccc(C)cc2-c2cnn(C)c2)C1. The smallest absolute Gasteiger partial charge is 0.0568 e. The fourth-order valence-corrected chi connectivity index (χ4v) is 3.65. The first-order valence-electron chi connectivity index (χ1n) is 8.61. The van der Waals surface area contributed by atoms with Gasteiger partial charge in [0.2, 0.25) is 0 Å². The second kappa shape index (κ2) is 7.28. The van der Waals surface area contributed by atoms with Gasteiger partial charge in [-0.2, -0.15) is 5.10 Å². The van der Waals surface area contributed by atoms with Gasteiger partial charge in [0.1, 0.15) is 0 Å². The highest BCUT2D eigenvalue weighted by molar-refractivity contribution is 5.66. The van der Waals surface area contributed by atoms with Gasteiger partial charge in [0.15, 0.2) is 0 Å². The molecule has 1 aliphatic rings. The van der Waals surface area contributed by atoms with Crippen LogP contribution in [0, 0.1) is 12.8 Å². The monoisotopic (exact) mass is 312 g/mol. The fourth-order valence-electron chi connectivity index (χ4n) is 3.65. The summed E-state index contributed by atoms with van der Waals surface area (Å²) in [4.78, 5) is 2.61. The van der Waals surface area contributed by atoms with E-state index in [0.29, 0.717) is 0 Å². The van der Waals surface area contributed by atoms with Crippen molar-refractivity contribution in [3.8, 4) is 11.1 Å². The van der Waals surface area contributed by atoms with Crippen LogP contribution in [0.25, 0.3) is 11.1 Å². The molecule has 1 aromatic heterocycles. The van der Waals surface area contributed by atoms with Gasteiger partial charge >= 0.3 is 0 Å². The Morgan fingerprint density at radius 2 is 2.22 bits per heavy atom. The number of aryl methyl sites for hydroxylation is 2. The highest BCUT2D eigenvalue weighted by Crippen LogP contribution is 2.27. The van der Waals surface area contributed by atoms with Crippen molar-refractivity contribution in [1.29, 1.82) is 0 Å². The zero-order valence-electron chi connectivity index (χ0n) is 14.5. The highest BCUT2D eigenvalue weighted by Gasteiger charge is 2.20. The number of likely N-dealkylation sites (tertiary alicyclic amines) is 1. The molecule has 2 aromatic rings. The van der Waals surface area contributed by atoms with Gasteiger partial charge in [-0.25, -0.2) is 0 Å². The first-order valence-corrected chi connectivity index (χ1v) is 8.61. The lowest BCUT2D eigenvalue weighted by Crippen LogP contribution is -2.38. The van der Waals surface area contributed by atoms with E-state index >= 15 is 0 Å². The Morgan fingerprint density at radius 3 is 2.96 bits per heavy atom. The number of nitrogens with one attached hydrogen (secondary N) is 1. The number of hydrogen-bond acceptors (Lipinski definition) is 3. The van der Waals surface area contributed by atoms with E-state index in [-0.39, 0.29) is 0 Å². The van der Waals surface area contributed by atoms with Crippen LogP contribution in [0.15, 0.2) is 30.6 Å². The van der Waals surface area contributed by atoms with Gasteiger partial charge in [0.05, 0.1) is 6.20 Å². The second-order valence-corrected chi connectivity index (χ2v) is 6.86. The molecule has 1 fully saturated rings. The minimum atomic E-state index is 0.779. The van der Waals surface area contributed by atoms with Crippen molar-refractivity contribution in [1.82, 2.24) is 20.0 Å². The van der Waals surface area contributed by atoms with Crippen molar-refractivity contribution < 1.29 is 0 Å². The van der Waals surface area contributed by atoms with Crippen molar-refractivity contribution in [2.45, 2.75) is 26.3 Å². The van der Waals surface area contributed by atoms with Crippen LogP contribution < -0.4 is 5.32 Å². The molecule has 0 aliphatic carbocycles. The summed E-state index contributed by atoms with van der Waals surface area (Å²) in [6, 6.07) is 6.81. The van der Waals surface area contributed by atoms with Gasteiger partial charge in [0.25, 0.3) is 0 Å². The summed E-state index contributed by atoms with van der Waals surface area (Å²) in [5.74, 6) is 0.779. The lowest BCUT2D eigenvalue weighted by Gasteiger charge is -2.33. The number of aromatic nitrogens is 2. The molecular formula is C19H28N4. The Labute approximate surface area is 139 Å². The molecule has 4 heteroatoms. The molecule has 4 nitrogen and oxygen atoms in total. The van der Waals surface area contributed by atoms with E-state index in [9.17, 15) is 0 Å². The van der Waals surface area contributed by atoms with Crippen molar-refractivity contribution >= 4 is 0 Å². The van der Waals surface area contributed by atoms with Crippen molar-refractivity contribution in [2.24, 2.45) is 13.0 Å². The molecule has 0 bridgehead atoms. The van der Waals surface area contributed by atoms with Crippen LogP contribution in [0.3, 0.4) is 0 Å². The van der Waals surface area contributed by atoms with Crippen LogP contribution in [-0.4, -0.2) is 41.4 Å². The van der Waals surface area contributed by atoms with Crippen LogP contribution in [0.2, 0.25) is 0 Å². The summed E-state index contributed by atoms with van der Waals surface area (Å²) in [5, 5.41) is 7.67. The molecule has 1 unspecified atom stereocenters. The lowest BCUT2D eigenvalue weighted by atomic mass is 9.95. The maximum atomic E-state index is 4.34. The molecule has 0 spiro atoms. The van der Waals surface area contributed by atoms with Crippen LogP contribution in [0.4, 0.5) is 0 Å². The number of benzene rings is 1. The average Bonchev–Trinajstić information content (AvgIpc) is 2.96. The Bertz CT molecular complexity index is 645. The summed E-state index contributed by atoms with van der Waals surface area (Å²) in [6.45, 7) is 6.72. The van der Waals surface area contributed by atoms with Gasteiger partial charge in [-0.1, -0.05) is 23.8 Å². The summed E-state index contributed by atoms with van der Waals surface area (Å²) >= 11 is 0. The maximum Gasteiger partial charge on any atom is 0.0568 e. The quantitative estimate of drug-likeness (QED) is 0.921. The Kier molecular flexibility index (Phi) is 5.13. The second-order valence-electron chi connectivity index (χ2n) is 6.86. The average molecular weight is 312 g/mol. The normalized spacial score (nSPS) is 19.2. The molecule has 2 heterocycles. The molecule has 3 rings (SSSR count). The third-order valence-electron chi connectivity index (χ3n) is 4.77. The number of piperidine rings is 1. The third-order valence-corrected chi connectivity index (χ3v) is 4.77. The topological polar surface area (TPSA) is 33.1 Å². The van der Waals surface area contributed by atoms with Gasteiger partial charge in [-0.15, -0.1) is 0 Å². The molecule has 1 aliphatic heterocycles. The predicted molar refractivity (Wildman–Crippen MR) is 95.3 cm³/mol. The molecule has 1 atom stereocenters. The number of rotatable bonds is 5. The Balaban J connectivity index is 1.80. The predicted octanol–water partition coefficient (Wildman–Crippen LogP) is 2.83. The summed E-state index contributed by atoms with van der Waals surface area (Å²) < 4.78 is 1.88. The standard InChI is InChI=1S/C19H28N4/c1-15-6-7-17(19(9-15)18-11-21-22(3)13-18)14-23-8-4-5-16(12-23)10-20-2/h6-7,9,11,13,16,20H,4-5,8,10,12,14H2,1-3H3. The third kappa shape index (κ3) is 4.01. The van der Waals surface area contributed by atoms with E-state index in [1.54, 1.807) is 0 Å². The molecular weight excluding hydrogens is 284 g/mol. The van der Waals surface area contributed by atoms with Crippen LogP contribution in [0.1, 0.15) is 24.0 Å². The molecule has 0 radical (unpaired) electrons. The van der Waals surface area contributed by atoms with Crippen molar-refractivity contribution in [3.63, 3.8) is 0 Å². The molecule has 1 aromatic carbocycles. The largest absolute Gasteiger partial charge is 0.319 e. The number of hydrogen-bond donors (Lipinski definition) is 1. The Hall–Kier alpha value is -1.65. The minimum Gasteiger partial charge on any atom is -0.319 e. The molecule has 124 valence electrons. The zero-order chi connectivity index (χ0) is 16.2. The number of nitrogens with zero attached hydrogens (tertiary/aromatic N) is 3. The van der Waals surface area contributed by atoms with Crippen molar-refractivity contribution in [3.05, 3.63) is 41.7 Å². The molecule has 1 N–H and O–H groups in total. The zero-order valence-corrected chi connectivity index (χ0v) is 14.5. The summed E-state index contributed by atoms with van der Waals surface area (Å²) in [6.07, 6.45) is 6.73. The van der Waals surface area contributed by atoms with Crippen LogP contribution in [0.5, 0.6) is 0 Å². The molecule has 23 heavy (non-hydrogen) atoms. The van der Waals surface area contributed by atoms with E-state index in [1.807, 2.05) is 17.9 Å². The van der Waals surface area contributed by atoms with Gasteiger partial charge in [0, 0.05) is 31.9 Å². The first-order chi connectivity index (χ1) is 11.2. The minimum absolute atomic E-state index is 0.779. The lowest BCUT2D eigenvalue weighted by molar-refractivity contribution is 0.167. The van der Waals surface area contributed by atoms with E-state index in [2.05, 4.69) is 53.7 Å². The molecule has 1 saturated heterocycles.